The van der Waals surface area contributed by atoms with Crippen LogP contribution in [0.15, 0.2) is 28.3 Å². The van der Waals surface area contributed by atoms with E-state index in [-0.39, 0.29) is 0 Å². The smallest absolute Gasteiger partial charge is 0.214 e. The standard InChI is InChI=1S/C14H16ClN5S/c15-12-7-9(8-16-10-2-3-10)1-6-13(12)21-14-17-18-19-20(14)11-4-5-11/h1,6-7,10-11,16H,2-5,8H2. The summed E-state index contributed by atoms with van der Waals surface area (Å²) in [6, 6.07) is 7.40. The average Bonchev–Trinajstić information content (AvgIpc) is 3.40. The van der Waals surface area contributed by atoms with Crippen molar-refractivity contribution in [2.75, 3.05) is 0 Å². The molecule has 2 aliphatic carbocycles. The van der Waals surface area contributed by atoms with Crippen molar-refractivity contribution in [3.63, 3.8) is 0 Å². The molecule has 2 aromatic rings. The van der Waals surface area contributed by atoms with Crippen LogP contribution in [0.5, 0.6) is 0 Å². The van der Waals surface area contributed by atoms with E-state index >= 15 is 0 Å². The first-order valence-corrected chi connectivity index (χ1v) is 8.46. The molecular weight excluding hydrogens is 306 g/mol. The molecule has 1 N–H and O–H groups in total. The van der Waals surface area contributed by atoms with Crippen LogP contribution in [0.25, 0.3) is 0 Å². The van der Waals surface area contributed by atoms with Crippen molar-refractivity contribution in [2.45, 2.75) is 54.4 Å². The Morgan fingerprint density at radius 2 is 2.14 bits per heavy atom. The first-order chi connectivity index (χ1) is 10.3. The van der Waals surface area contributed by atoms with Crippen molar-refractivity contribution >= 4 is 23.4 Å². The van der Waals surface area contributed by atoms with Gasteiger partial charge in [-0.25, -0.2) is 4.68 Å². The van der Waals surface area contributed by atoms with Crippen LogP contribution in [0.2, 0.25) is 5.02 Å². The normalized spacial score (nSPS) is 18.1. The number of benzene rings is 1. The maximum absolute atomic E-state index is 6.40. The van der Waals surface area contributed by atoms with Gasteiger partial charge in [-0.05, 0) is 65.6 Å². The molecule has 0 spiro atoms. The van der Waals surface area contributed by atoms with E-state index in [9.17, 15) is 0 Å². The molecule has 0 amide bonds. The molecule has 0 atom stereocenters. The third-order valence-electron chi connectivity index (χ3n) is 3.73. The summed E-state index contributed by atoms with van der Waals surface area (Å²) in [5.74, 6) is 0. The molecule has 0 bridgehead atoms. The Bertz CT molecular complexity index is 651. The molecule has 0 saturated heterocycles. The van der Waals surface area contributed by atoms with E-state index in [4.69, 9.17) is 11.6 Å². The summed E-state index contributed by atoms with van der Waals surface area (Å²) in [4.78, 5) is 1.00. The van der Waals surface area contributed by atoms with E-state index in [1.165, 1.54) is 30.2 Å². The summed E-state index contributed by atoms with van der Waals surface area (Å²) in [5, 5.41) is 17.0. The lowest BCUT2D eigenvalue weighted by atomic mass is 10.2. The molecule has 1 aromatic heterocycles. The Hall–Kier alpha value is -1.11. The molecule has 1 aromatic carbocycles. The highest BCUT2D eigenvalue weighted by Crippen LogP contribution is 2.39. The highest BCUT2D eigenvalue weighted by atomic mass is 35.5. The highest BCUT2D eigenvalue weighted by Gasteiger charge is 2.28. The lowest BCUT2D eigenvalue weighted by Crippen LogP contribution is -2.15. The van der Waals surface area contributed by atoms with Gasteiger partial charge in [0.15, 0.2) is 0 Å². The SMILES string of the molecule is Clc1cc(CNC2CC2)ccc1Sc1nnnn1C1CC1. The molecule has 0 unspecified atom stereocenters. The van der Waals surface area contributed by atoms with Crippen LogP contribution in [0.4, 0.5) is 0 Å². The fourth-order valence-corrected chi connectivity index (χ4v) is 3.35. The first kappa shape index (κ1) is 13.5. The van der Waals surface area contributed by atoms with Gasteiger partial charge in [0.05, 0.1) is 11.1 Å². The van der Waals surface area contributed by atoms with Crippen molar-refractivity contribution in [2.24, 2.45) is 0 Å². The van der Waals surface area contributed by atoms with Gasteiger partial charge in [0.2, 0.25) is 5.16 Å². The molecule has 1 heterocycles. The molecule has 5 nitrogen and oxygen atoms in total. The molecule has 110 valence electrons. The van der Waals surface area contributed by atoms with Crippen LogP contribution in [-0.2, 0) is 6.54 Å². The van der Waals surface area contributed by atoms with Crippen LogP contribution in [0.1, 0.15) is 37.3 Å². The van der Waals surface area contributed by atoms with Crippen LogP contribution in [0.3, 0.4) is 0 Å². The Balaban J connectivity index is 1.47. The Morgan fingerprint density at radius 3 is 2.86 bits per heavy atom. The second-order valence-electron chi connectivity index (χ2n) is 5.66. The molecular formula is C14H16ClN5S. The topological polar surface area (TPSA) is 55.6 Å². The third-order valence-corrected chi connectivity index (χ3v) is 5.18. The van der Waals surface area contributed by atoms with E-state index in [0.29, 0.717) is 12.1 Å². The minimum absolute atomic E-state index is 0.475. The lowest BCUT2D eigenvalue weighted by molar-refractivity contribution is 0.565. The Kier molecular flexibility index (Phi) is 3.61. The predicted molar refractivity (Wildman–Crippen MR) is 81.5 cm³/mol. The number of tetrazole rings is 1. The summed E-state index contributed by atoms with van der Waals surface area (Å²) in [7, 11) is 0. The minimum atomic E-state index is 0.475. The molecule has 4 rings (SSSR count). The fraction of sp³-hybridized carbons (Fsp3) is 0.500. The van der Waals surface area contributed by atoms with E-state index in [0.717, 1.165) is 34.5 Å². The third kappa shape index (κ3) is 3.22. The van der Waals surface area contributed by atoms with Gasteiger partial charge in [0.1, 0.15) is 0 Å². The molecule has 2 fully saturated rings. The molecule has 2 aliphatic rings. The molecule has 2 saturated carbocycles. The summed E-state index contributed by atoms with van der Waals surface area (Å²) < 4.78 is 1.91. The van der Waals surface area contributed by atoms with Gasteiger partial charge in [-0.3, -0.25) is 0 Å². The molecule has 0 radical (unpaired) electrons. The van der Waals surface area contributed by atoms with Crippen LogP contribution in [0, 0.1) is 0 Å². The maximum atomic E-state index is 6.40. The Labute approximate surface area is 132 Å². The summed E-state index contributed by atoms with van der Waals surface area (Å²) in [5.41, 5.74) is 1.22. The molecule has 21 heavy (non-hydrogen) atoms. The van der Waals surface area contributed by atoms with E-state index in [1.54, 1.807) is 0 Å². The van der Waals surface area contributed by atoms with Gasteiger partial charge in [-0.1, -0.05) is 17.7 Å². The zero-order chi connectivity index (χ0) is 14.2. The van der Waals surface area contributed by atoms with Crippen molar-refractivity contribution in [1.82, 2.24) is 25.5 Å². The number of hydrogen-bond donors (Lipinski definition) is 1. The summed E-state index contributed by atoms with van der Waals surface area (Å²) in [6.07, 6.45) is 4.92. The van der Waals surface area contributed by atoms with Gasteiger partial charge >= 0.3 is 0 Å². The average molecular weight is 322 g/mol. The second kappa shape index (κ2) is 5.59. The van der Waals surface area contributed by atoms with Crippen molar-refractivity contribution in [1.29, 1.82) is 0 Å². The van der Waals surface area contributed by atoms with Gasteiger partial charge in [-0.2, -0.15) is 0 Å². The van der Waals surface area contributed by atoms with Gasteiger partial charge < -0.3 is 5.32 Å². The minimum Gasteiger partial charge on any atom is -0.310 e. The monoisotopic (exact) mass is 321 g/mol. The number of rotatable bonds is 6. The number of aromatic nitrogens is 4. The first-order valence-electron chi connectivity index (χ1n) is 7.27. The number of nitrogens with zero attached hydrogens (tertiary/aromatic N) is 4. The van der Waals surface area contributed by atoms with Crippen LogP contribution < -0.4 is 5.32 Å². The van der Waals surface area contributed by atoms with Gasteiger partial charge in [0, 0.05) is 17.5 Å². The maximum Gasteiger partial charge on any atom is 0.214 e. The number of nitrogens with one attached hydrogen (secondary N) is 1. The van der Waals surface area contributed by atoms with Gasteiger partial charge in [-0.15, -0.1) is 5.10 Å². The van der Waals surface area contributed by atoms with Crippen molar-refractivity contribution in [3.8, 4) is 0 Å². The second-order valence-corrected chi connectivity index (χ2v) is 7.08. The lowest BCUT2D eigenvalue weighted by Gasteiger charge is -2.07. The van der Waals surface area contributed by atoms with Crippen LogP contribution in [-0.4, -0.2) is 26.2 Å². The van der Waals surface area contributed by atoms with Crippen molar-refractivity contribution in [3.05, 3.63) is 28.8 Å². The largest absolute Gasteiger partial charge is 0.310 e. The van der Waals surface area contributed by atoms with Gasteiger partial charge in [0.25, 0.3) is 0 Å². The van der Waals surface area contributed by atoms with Crippen molar-refractivity contribution < 1.29 is 0 Å². The van der Waals surface area contributed by atoms with E-state index in [2.05, 4.69) is 33.0 Å². The fourth-order valence-electron chi connectivity index (χ4n) is 2.19. The predicted octanol–water partition coefficient (Wildman–Crippen LogP) is 3.06. The summed E-state index contributed by atoms with van der Waals surface area (Å²) >= 11 is 7.93. The molecule has 0 aliphatic heterocycles. The highest BCUT2D eigenvalue weighted by molar-refractivity contribution is 7.99. The quantitative estimate of drug-likeness (QED) is 0.886. The van der Waals surface area contributed by atoms with Crippen LogP contribution >= 0.6 is 23.4 Å². The van der Waals surface area contributed by atoms with E-state index in [1.807, 2.05) is 10.7 Å². The van der Waals surface area contributed by atoms with E-state index < -0.39 is 0 Å². The zero-order valence-electron chi connectivity index (χ0n) is 11.5. The Morgan fingerprint density at radius 1 is 1.29 bits per heavy atom. The number of halogens is 1. The zero-order valence-corrected chi connectivity index (χ0v) is 13.1. The number of hydrogen-bond acceptors (Lipinski definition) is 5. The molecule has 7 heteroatoms. The summed E-state index contributed by atoms with van der Waals surface area (Å²) in [6.45, 7) is 0.884.